The minimum absolute atomic E-state index is 0.107. The third-order valence-corrected chi connectivity index (χ3v) is 3.03. The molecule has 0 saturated carbocycles. The van der Waals surface area contributed by atoms with Crippen molar-refractivity contribution in [2.45, 2.75) is 13.8 Å². The number of nitrogens with zero attached hydrogens (tertiary/aromatic N) is 1. The second-order valence-electron chi connectivity index (χ2n) is 4.20. The van der Waals surface area contributed by atoms with Crippen molar-refractivity contribution >= 4 is 33.3 Å². The summed E-state index contributed by atoms with van der Waals surface area (Å²) in [5.41, 5.74) is 14.0. The Labute approximate surface area is 126 Å². The van der Waals surface area contributed by atoms with Crippen molar-refractivity contribution in [1.29, 1.82) is 0 Å². The molecule has 0 aliphatic carbocycles. The molecule has 0 amide bonds. The molecule has 0 atom stereocenters. The molecule has 1 aromatic carbocycles. The number of benzene rings is 1. The van der Waals surface area contributed by atoms with Gasteiger partial charge in [-0.2, -0.15) is 0 Å². The fraction of sp³-hybridized carbons (Fsp3) is 0.308. The topological polar surface area (TPSA) is 108 Å². The van der Waals surface area contributed by atoms with Gasteiger partial charge in [0.05, 0.1) is 12.3 Å². The van der Waals surface area contributed by atoms with E-state index in [0.717, 1.165) is 4.47 Å². The Bertz CT molecular complexity index is 527. The van der Waals surface area contributed by atoms with Gasteiger partial charge in [-0.1, -0.05) is 15.9 Å². The van der Waals surface area contributed by atoms with Crippen LogP contribution in [0.4, 0.5) is 5.69 Å². The zero-order valence-corrected chi connectivity index (χ0v) is 13.1. The molecule has 0 spiro atoms. The molecule has 6 nitrogen and oxygen atoms in total. The van der Waals surface area contributed by atoms with Crippen molar-refractivity contribution in [1.82, 2.24) is 5.01 Å². The highest BCUT2D eigenvalue weighted by atomic mass is 79.9. The number of ether oxygens (including phenoxy) is 1. The summed E-state index contributed by atoms with van der Waals surface area (Å²) in [6.07, 6.45) is 0. The summed E-state index contributed by atoms with van der Waals surface area (Å²) < 4.78 is 5.71. The average Bonchev–Trinajstić information content (AvgIpc) is 2.33. The van der Waals surface area contributed by atoms with Gasteiger partial charge < -0.3 is 16.2 Å². The lowest BCUT2D eigenvalue weighted by atomic mass is 10.1. The summed E-state index contributed by atoms with van der Waals surface area (Å²) >= 11 is 3.37. The summed E-state index contributed by atoms with van der Waals surface area (Å²) in [6, 6.07) is 5.35. The molecule has 0 aliphatic rings. The summed E-state index contributed by atoms with van der Waals surface area (Å²) in [4.78, 5) is 11.5. The number of rotatable bonds is 5. The molecule has 7 heteroatoms. The molecule has 0 fully saturated rings. The Morgan fingerprint density at radius 2 is 2.10 bits per heavy atom. The fourth-order valence-electron chi connectivity index (χ4n) is 1.75. The molecular formula is C13H19BrN4O2. The minimum Gasteiger partial charge on any atom is -0.465 e. The van der Waals surface area contributed by atoms with Gasteiger partial charge in [-0.15, -0.1) is 0 Å². The Kier molecular flexibility index (Phi) is 5.84. The van der Waals surface area contributed by atoms with Crippen molar-refractivity contribution in [2.24, 2.45) is 11.6 Å². The lowest BCUT2D eigenvalue weighted by molar-refractivity contribution is -0.143. The third kappa shape index (κ3) is 4.14. The Hall–Kier alpha value is -1.73. The number of carbonyl (C=O) groups excluding carboxylic acids is 1. The molecule has 1 rings (SSSR count). The molecule has 110 valence electrons. The Morgan fingerprint density at radius 1 is 1.45 bits per heavy atom. The van der Waals surface area contributed by atoms with E-state index in [1.54, 1.807) is 26.0 Å². The van der Waals surface area contributed by atoms with Gasteiger partial charge in [-0.3, -0.25) is 9.80 Å². The predicted octanol–water partition coefficient (Wildman–Crippen LogP) is 1.42. The number of halogens is 1. The van der Waals surface area contributed by atoms with E-state index in [-0.39, 0.29) is 6.54 Å². The maximum atomic E-state index is 11.5. The fourth-order valence-corrected chi connectivity index (χ4v) is 2.11. The Balaban J connectivity index is 3.10. The largest absolute Gasteiger partial charge is 0.465 e. The maximum Gasteiger partial charge on any atom is 0.327 e. The summed E-state index contributed by atoms with van der Waals surface area (Å²) in [6.45, 7) is 3.62. The molecular weight excluding hydrogens is 324 g/mol. The molecule has 6 N–H and O–H groups in total. The first-order valence-electron chi connectivity index (χ1n) is 6.06. The number of allylic oxidation sites excluding steroid dienone is 1. The van der Waals surface area contributed by atoms with Crippen molar-refractivity contribution in [3.8, 4) is 0 Å². The lowest BCUT2D eigenvalue weighted by Gasteiger charge is -2.23. The molecule has 0 radical (unpaired) electrons. The summed E-state index contributed by atoms with van der Waals surface area (Å²) in [7, 11) is 0. The number of nitrogens with two attached hydrogens (primary N) is 3. The van der Waals surface area contributed by atoms with Gasteiger partial charge in [0.2, 0.25) is 0 Å². The molecule has 0 heterocycles. The van der Waals surface area contributed by atoms with Crippen LogP contribution in [-0.4, -0.2) is 24.1 Å². The summed E-state index contributed by atoms with van der Waals surface area (Å²) in [5, 5.41) is 1.24. The van der Waals surface area contributed by atoms with Crippen molar-refractivity contribution in [3.05, 3.63) is 33.9 Å². The van der Waals surface area contributed by atoms with E-state index in [0.29, 0.717) is 29.3 Å². The molecule has 0 unspecified atom stereocenters. The SMILES string of the molecule is CCOC(=O)CN(N)/C(=C(/C)N)c1cc(Br)ccc1N. The number of hydrogen-bond acceptors (Lipinski definition) is 6. The zero-order chi connectivity index (χ0) is 15.3. The number of carbonyl (C=O) groups is 1. The first-order chi connectivity index (χ1) is 9.36. The number of nitrogen functional groups attached to an aromatic ring is 1. The van der Waals surface area contributed by atoms with Gasteiger partial charge in [0.1, 0.15) is 6.54 Å². The normalized spacial score (nSPS) is 11.8. The quantitative estimate of drug-likeness (QED) is 0.323. The first-order valence-corrected chi connectivity index (χ1v) is 6.85. The first kappa shape index (κ1) is 16.3. The van der Waals surface area contributed by atoms with E-state index in [1.807, 2.05) is 6.07 Å². The maximum absolute atomic E-state index is 11.5. The van der Waals surface area contributed by atoms with Crippen LogP contribution in [0.25, 0.3) is 5.70 Å². The van der Waals surface area contributed by atoms with Crippen LogP contribution >= 0.6 is 15.9 Å². The molecule has 0 saturated heterocycles. The van der Waals surface area contributed by atoms with Gasteiger partial charge in [-0.25, -0.2) is 5.84 Å². The smallest absolute Gasteiger partial charge is 0.327 e. The number of esters is 1. The molecule has 0 bridgehead atoms. The van der Waals surface area contributed by atoms with Crippen molar-refractivity contribution < 1.29 is 9.53 Å². The van der Waals surface area contributed by atoms with Crippen LogP contribution in [0.15, 0.2) is 28.4 Å². The van der Waals surface area contributed by atoms with E-state index in [9.17, 15) is 4.79 Å². The van der Waals surface area contributed by atoms with Gasteiger partial charge in [0.15, 0.2) is 0 Å². The third-order valence-electron chi connectivity index (χ3n) is 2.54. The predicted molar refractivity (Wildman–Crippen MR) is 82.9 cm³/mol. The van der Waals surface area contributed by atoms with Crippen LogP contribution in [0.1, 0.15) is 19.4 Å². The lowest BCUT2D eigenvalue weighted by Crippen LogP contribution is -2.37. The second kappa shape index (κ2) is 7.16. The van der Waals surface area contributed by atoms with E-state index in [2.05, 4.69) is 15.9 Å². The molecule has 0 aromatic heterocycles. The van der Waals surface area contributed by atoms with Gasteiger partial charge >= 0.3 is 5.97 Å². The van der Waals surface area contributed by atoms with Crippen LogP contribution < -0.4 is 17.3 Å². The van der Waals surface area contributed by atoms with Crippen LogP contribution in [0.2, 0.25) is 0 Å². The standard InChI is InChI=1S/C13H19BrN4O2/c1-3-20-12(19)7-18(17)13(8(2)15)10-6-9(14)4-5-11(10)16/h4-6H,3,7,15-17H2,1-2H3/b13-8-. The zero-order valence-electron chi connectivity index (χ0n) is 11.5. The second-order valence-corrected chi connectivity index (χ2v) is 5.11. The highest BCUT2D eigenvalue weighted by Crippen LogP contribution is 2.27. The van der Waals surface area contributed by atoms with Crippen LogP contribution in [-0.2, 0) is 9.53 Å². The van der Waals surface area contributed by atoms with E-state index < -0.39 is 5.97 Å². The van der Waals surface area contributed by atoms with E-state index in [4.69, 9.17) is 22.0 Å². The minimum atomic E-state index is -0.428. The highest BCUT2D eigenvalue weighted by Gasteiger charge is 2.17. The van der Waals surface area contributed by atoms with E-state index in [1.165, 1.54) is 5.01 Å². The number of hydrazine groups is 1. The summed E-state index contributed by atoms with van der Waals surface area (Å²) in [5.74, 6) is 5.50. The van der Waals surface area contributed by atoms with Gasteiger partial charge in [0, 0.05) is 21.4 Å². The van der Waals surface area contributed by atoms with Crippen LogP contribution in [0, 0.1) is 0 Å². The number of anilines is 1. The van der Waals surface area contributed by atoms with Crippen LogP contribution in [0.3, 0.4) is 0 Å². The monoisotopic (exact) mass is 342 g/mol. The van der Waals surface area contributed by atoms with Gasteiger partial charge in [0.25, 0.3) is 0 Å². The molecule has 0 aliphatic heterocycles. The molecule has 1 aromatic rings. The van der Waals surface area contributed by atoms with E-state index >= 15 is 0 Å². The number of hydrogen-bond donors (Lipinski definition) is 3. The van der Waals surface area contributed by atoms with Crippen LogP contribution in [0.5, 0.6) is 0 Å². The van der Waals surface area contributed by atoms with Crippen molar-refractivity contribution in [2.75, 3.05) is 18.9 Å². The van der Waals surface area contributed by atoms with Crippen molar-refractivity contribution in [3.63, 3.8) is 0 Å². The average molecular weight is 343 g/mol. The molecule has 20 heavy (non-hydrogen) atoms. The highest BCUT2D eigenvalue weighted by molar-refractivity contribution is 9.10. The Morgan fingerprint density at radius 3 is 2.65 bits per heavy atom. The van der Waals surface area contributed by atoms with Gasteiger partial charge in [-0.05, 0) is 32.0 Å².